The normalized spacial score (nSPS) is 31.9. The van der Waals surface area contributed by atoms with Crippen molar-refractivity contribution < 1.29 is 19.5 Å². The highest BCUT2D eigenvalue weighted by molar-refractivity contribution is 8.02. The highest BCUT2D eigenvalue weighted by atomic mass is 35.5. The second-order valence-electron chi connectivity index (χ2n) is 11.9. The third-order valence-corrected chi connectivity index (χ3v) is 11.6. The predicted molar refractivity (Wildman–Crippen MR) is 168 cm³/mol. The van der Waals surface area contributed by atoms with Gasteiger partial charge in [0.25, 0.3) is 5.91 Å². The molecule has 3 amide bonds. The van der Waals surface area contributed by atoms with Gasteiger partial charge in [-0.25, -0.2) is 0 Å². The molecule has 0 bridgehead atoms. The van der Waals surface area contributed by atoms with E-state index < -0.39 is 33.4 Å². The van der Waals surface area contributed by atoms with Crippen LogP contribution in [0.2, 0.25) is 5.02 Å². The number of para-hydroxylation sites is 1. The molecule has 2 aromatic carbocycles. The number of fused-ring (bicyclic) bond motifs is 2. The first-order chi connectivity index (χ1) is 20.2. The van der Waals surface area contributed by atoms with Crippen LogP contribution in [0.3, 0.4) is 0 Å². The second kappa shape index (κ2) is 10.9. The van der Waals surface area contributed by atoms with Gasteiger partial charge in [-0.1, -0.05) is 74.4 Å². The summed E-state index contributed by atoms with van der Waals surface area (Å²) >= 11 is 7.71. The van der Waals surface area contributed by atoms with Gasteiger partial charge in [0.15, 0.2) is 0 Å². The van der Waals surface area contributed by atoms with Crippen LogP contribution in [-0.2, 0) is 14.4 Å². The van der Waals surface area contributed by atoms with E-state index in [1.807, 2.05) is 69.3 Å². The van der Waals surface area contributed by atoms with E-state index in [4.69, 9.17) is 11.6 Å². The second-order valence-corrected chi connectivity index (χ2v) is 14.1. The van der Waals surface area contributed by atoms with Crippen molar-refractivity contribution in [1.29, 1.82) is 0 Å². The van der Waals surface area contributed by atoms with Gasteiger partial charge in [-0.2, -0.15) is 0 Å². The molecule has 0 aromatic heterocycles. The molecule has 7 atom stereocenters. The van der Waals surface area contributed by atoms with Crippen molar-refractivity contribution in [2.45, 2.75) is 48.8 Å². The Hall–Kier alpha value is -3.07. The number of benzene rings is 2. The van der Waals surface area contributed by atoms with E-state index in [9.17, 15) is 19.5 Å². The van der Waals surface area contributed by atoms with Gasteiger partial charge in [-0.05, 0) is 49.2 Å². The van der Waals surface area contributed by atoms with E-state index in [-0.39, 0.29) is 30.2 Å². The molecule has 2 fully saturated rings. The molecule has 0 saturated carbocycles. The molecule has 1 N–H and O–H groups in total. The van der Waals surface area contributed by atoms with E-state index in [0.29, 0.717) is 23.8 Å². The summed E-state index contributed by atoms with van der Waals surface area (Å²) in [4.78, 5) is 49.1. The van der Waals surface area contributed by atoms with Gasteiger partial charge in [0.2, 0.25) is 11.8 Å². The van der Waals surface area contributed by atoms with Crippen LogP contribution in [0, 0.1) is 17.8 Å². The van der Waals surface area contributed by atoms with E-state index in [0.717, 1.165) is 12.1 Å². The summed E-state index contributed by atoms with van der Waals surface area (Å²) in [5, 5.41) is 11.2. The van der Waals surface area contributed by atoms with Crippen molar-refractivity contribution in [3.63, 3.8) is 0 Å². The summed E-state index contributed by atoms with van der Waals surface area (Å²) in [5.74, 6) is -2.11. The minimum absolute atomic E-state index is 0.0548. The molecule has 220 valence electrons. The maximum atomic E-state index is 14.8. The summed E-state index contributed by atoms with van der Waals surface area (Å²) in [5.41, 5.74) is 1.45. The van der Waals surface area contributed by atoms with Crippen LogP contribution >= 0.6 is 23.4 Å². The first-order valence-corrected chi connectivity index (χ1v) is 15.8. The Labute approximate surface area is 256 Å². The number of nitrogens with zero attached hydrogens (tertiary/aromatic N) is 3. The average molecular weight is 606 g/mol. The number of carbonyl (C=O) groups is 3. The monoisotopic (exact) mass is 605 g/mol. The highest BCUT2D eigenvalue weighted by Gasteiger charge is 2.74. The van der Waals surface area contributed by atoms with Crippen molar-refractivity contribution in [3.05, 3.63) is 83.9 Å². The molecule has 4 heterocycles. The molecule has 42 heavy (non-hydrogen) atoms. The van der Waals surface area contributed by atoms with Gasteiger partial charge in [-0.15, -0.1) is 11.8 Å². The third-order valence-electron chi connectivity index (χ3n) is 9.55. The lowest BCUT2D eigenvalue weighted by Crippen LogP contribution is -2.58. The van der Waals surface area contributed by atoms with Gasteiger partial charge in [0.05, 0.1) is 29.2 Å². The van der Waals surface area contributed by atoms with E-state index >= 15 is 0 Å². The molecule has 6 rings (SSSR count). The fraction of sp³-hybridized carbons (Fsp3) is 0.424. The minimum Gasteiger partial charge on any atom is -0.394 e. The van der Waals surface area contributed by atoms with Gasteiger partial charge in [-0.3, -0.25) is 14.4 Å². The Morgan fingerprint density at radius 3 is 2.17 bits per heavy atom. The SMILES string of the molecule is CC[C@H](C)[C@H](CO)N1C(=O)[C@@H]2[C@H]3C(=O)N(c4ccccc4)CC=C[C@@]3(C)S[C@@]23C=CCN(c2ccc(Cl)cc2)C(=O)C13. The molecule has 7 nitrogen and oxygen atoms in total. The Bertz CT molecular complexity index is 1450. The summed E-state index contributed by atoms with van der Waals surface area (Å²) in [7, 11) is 0. The van der Waals surface area contributed by atoms with Crippen molar-refractivity contribution in [2.75, 3.05) is 29.5 Å². The lowest BCUT2D eigenvalue weighted by atomic mass is 9.74. The number of halogens is 1. The highest BCUT2D eigenvalue weighted by Crippen LogP contribution is 2.66. The summed E-state index contributed by atoms with van der Waals surface area (Å²) in [6.07, 6.45) is 8.76. The number of anilines is 2. The van der Waals surface area contributed by atoms with Crippen LogP contribution in [0.5, 0.6) is 0 Å². The number of aliphatic hydroxyl groups excluding tert-OH is 1. The molecule has 1 unspecified atom stereocenters. The van der Waals surface area contributed by atoms with Gasteiger partial charge in [0.1, 0.15) is 6.04 Å². The van der Waals surface area contributed by atoms with Crippen LogP contribution in [0.1, 0.15) is 27.2 Å². The van der Waals surface area contributed by atoms with Crippen LogP contribution in [0.25, 0.3) is 0 Å². The molecule has 4 aliphatic heterocycles. The Balaban J connectivity index is 1.51. The Kier molecular flexibility index (Phi) is 7.52. The number of rotatable bonds is 6. The zero-order chi connectivity index (χ0) is 29.8. The standard InChI is InChI=1S/C33H36ClN3O4S/c1-4-21(2)25(20-38)37-28-31(41)36(24-14-12-22(34)13-15-24)19-9-17-33(28)27(30(37)40)26-29(39)35(23-10-6-5-7-11-23)18-8-16-32(26,3)42-33/h5-17,21,25-28,38H,4,18-20H2,1-3H3/t21-,25-,26-,27-,28?,32+,33-/m0/s1. The predicted octanol–water partition coefficient (Wildman–Crippen LogP) is 4.94. The van der Waals surface area contributed by atoms with Crippen LogP contribution in [-0.4, -0.2) is 69.0 Å². The summed E-state index contributed by atoms with van der Waals surface area (Å²) in [6.45, 7) is 6.49. The molecule has 2 saturated heterocycles. The number of hydrogen-bond donors (Lipinski definition) is 1. The average Bonchev–Trinajstić information content (AvgIpc) is 3.25. The summed E-state index contributed by atoms with van der Waals surface area (Å²) in [6, 6.07) is 15.2. The first kappa shape index (κ1) is 29.0. The Morgan fingerprint density at radius 1 is 0.905 bits per heavy atom. The van der Waals surface area contributed by atoms with Gasteiger partial charge in [0, 0.05) is 34.2 Å². The quantitative estimate of drug-likeness (QED) is 0.472. The number of carbonyl (C=O) groups excluding carboxylic acids is 3. The number of thioether (sulfide) groups is 1. The number of hydrogen-bond acceptors (Lipinski definition) is 5. The van der Waals surface area contributed by atoms with Crippen LogP contribution < -0.4 is 9.80 Å². The van der Waals surface area contributed by atoms with Crippen molar-refractivity contribution >= 4 is 52.5 Å². The fourth-order valence-corrected chi connectivity index (χ4v) is 9.60. The number of aliphatic hydroxyl groups is 1. The first-order valence-electron chi connectivity index (χ1n) is 14.6. The molecule has 4 aliphatic rings. The zero-order valence-corrected chi connectivity index (χ0v) is 25.6. The molecule has 9 heteroatoms. The lowest BCUT2D eigenvalue weighted by Gasteiger charge is -2.41. The molecule has 1 spiro atoms. The smallest absolute Gasteiger partial charge is 0.251 e. The largest absolute Gasteiger partial charge is 0.394 e. The third kappa shape index (κ3) is 4.33. The molecule has 0 radical (unpaired) electrons. The van der Waals surface area contributed by atoms with Crippen molar-refractivity contribution in [1.82, 2.24) is 4.90 Å². The minimum atomic E-state index is -0.991. The Morgan fingerprint density at radius 2 is 1.52 bits per heavy atom. The van der Waals surface area contributed by atoms with Gasteiger partial charge >= 0.3 is 0 Å². The molecule has 2 aromatic rings. The van der Waals surface area contributed by atoms with E-state index in [2.05, 4.69) is 6.08 Å². The maximum Gasteiger partial charge on any atom is 0.251 e. The maximum absolute atomic E-state index is 14.8. The zero-order valence-electron chi connectivity index (χ0n) is 24.0. The fourth-order valence-electron chi connectivity index (χ4n) is 7.33. The van der Waals surface area contributed by atoms with E-state index in [1.165, 1.54) is 0 Å². The molecular weight excluding hydrogens is 570 g/mol. The lowest BCUT2D eigenvalue weighted by molar-refractivity contribution is -0.143. The van der Waals surface area contributed by atoms with Crippen LogP contribution in [0.4, 0.5) is 11.4 Å². The molecule has 0 aliphatic carbocycles. The van der Waals surface area contributed by atoms with E-state index in [1.54, 1.807) is 50.7 Å². The molecular formula is C33H36ClN3O4S. The van der Waals surface area contributed by atoms with Crippen molar-refractivity contribution in [2.24, 2.45) is 17.8 Å². The van der Waals surface area contributed by atoms with Crippen molar-refractivity contribution in [3.8, 4) is 0 Å². The van der Waals surface area contributed by atoms with Gasteiger partial charge < -0.3 is 19.8 Å². The number of likely N-dealkylation sites (tertiary alicyclic amines) is 1. The summed E-state index contributed by atoms with van der Waals surface area (Å²) < 4.78 is -1.70. The van der Waals surface area contributed by atoms with Crippen LogP contribution in [0.15, 0.2) is 78.9 Å². The number of amides is 3. The topological polar surface area (TPSA) is 81.2 Å².